The molecule has 0 unspecified atom stereocenters. The zero-order chi connectivity index (χ0) is 21.5. The number of benzene rings is 3. The van der Waals surface area contributed by atoms with Crippen LogP contribution in [-0.2, 0) is 6.18 Å². The van der Waals surface area contributed by atoms with Gasteiger partial charge < -0.3 is 10.1 Å². The van der Waals surface area contributed by atoms with Crippen LogP contribution in [0.4, 0.5) is 18.9 Å². The Morgan fingerprint density at radius 3 is 2.20 bits per heavy atom. The second-order valence-corrected chi connectivity index (χ2v) is 7.08. The third-order valence-electron chi connectivity index (χ3n) is 4.84. The molecule has 0 amide bonds. The van der Waals surface area contributed by atoms with Crippen molar-refractivity contribution in [2.45, 2.75) is 6.18 Å². The van der Waals surface area contributed by atoms with Crippen molar-refractivity contribution in [1.82, 2.24) is 0 Å². The van der Waals surface area contributed by atoms with Crippen molar-refractivity contribution in [3.8, 4) is 5.75 Å². The largest absolute Gasteiger partial charge is 0.495 e. The SMILES string of the molecule is COc1ccc(NC2=C(c3ccc(C(F)(F)F)cc3)C(=O)c3ccccc32)cc1Cl. The number of anilines is 1. The molecule has 0 aromatic heterocycles. The number of rotatable bonds is 4. The van der Waals surface area contributed by atoms with Gasteiger partial charge in [0.1, 0.15) is 5.75 Å². The normalized spacial score (nSPS) is 13.4. The van der Waals surface area contributed by atoms with E-state index in [2.05, 4.69) is 5.32 Å². The molecule has 7 heteroatoms. The number of hydrogen-bond acceptors (Lipinski definition) is 3. The highest BCUT2D eigenvalue weighted by molar-refractivity contribution is 6.40. The van der Waals surface area contributed by atoms with Crippen LogP contribution in [0.1, 0.15) is 27.0 Å². The fraction of sp³-hybridized carbons (Fsp3) is 0.0870. The Kier molecular flexibility index (Phi) is 5.03. The highest BCUT2D eigenvalue weighted by atomic mass is 35.5. The van der Waals surface area contributed by atoms with E-state index in [1.165, 1.54) is 19.2 Å². The van der Waals surface area contributed by atoms with Crippen LogP contribution in [0.3, 0.4) is 0 Å². The molecule has 1 aliphatic rings. The highest BCUT2D eigenvalue weighted by Gasteiger charge is 2.33. The van der Waals surface area contributed by atoms with Gasteiger partial charge in [0.05, 0.1) is 29.0 Å². The Morgan fingerprint density at radius 2 is 1.60 bits per heavy atom. The molecule has 0 bridgehead atoms. The molecule has 0 saturated heterocycles. The molecule has 1 aliphatic carbocycles. The Balaban J connectivity index is 1.82. The number of carbonyl (C=O) groups excluding carboxylic acids is 1. The predicted octanol–water partition coefficient (Wildman–Crippen LogP) is 6.54. The molecule has 0 aliphatic heterocycles. The van der Waals surface area contributed by atoms with Gasteiger partial charge in [-0.2, -0.15) is 13.2 Å². The molecule has 0 spiro atoms. The summed E-state index contributed by atoms with van der Waals surface area (Å²) in [7, 11) is 1.51. The minimum absolute atomic E-state index is 0.257. The second-order valence-electron chi connectivity index (χ2n) is 6.67. The molecule has 1 N–H and O–H groups in total. The highest BCUT2D eigenvalue weighted by Crippen LogP contribution is 2.40. The van der Waals surface area contributed by atoms with Crippen molar-refractivity contribution < 1.29 is 22.7 Å². The molecule has 30 heavy (non-hydrogen) atoms. The van der Waals surface area contributed by atoms with Crippen LogP contribution in [0.2, 0.25) is 5.02 Å². The lowest BCUT2D eigenvalue weighted by molar-refractivity contribution is -0.137. The van der Waals surface area contributed by atoms with Crippen molar-refractivity contribution in [2.75, 3.05) is 12.4 Å². The molecule has 0 heterocycles. The van der Waals surface area contributed by atoms with Crippen molar-refractivity contribution in [3.05, 3.63) is 94.0 Å². The van der Waals surface area contributed by atoms with Crippen molar-refractivity contribution >= 4 is 34.3 Å². The van der Waals surface area contributed by atoms with E-state index in [9.17, 15) is 18.0 Å². The summed E-state index contributed by atoms with van der Waals surface area (Å²) < 4.78 is 44.0. The average Bonchev–Trinajstić information content (AvgIpc) is 3.00. The summed E-state index contributed by atoms with van der Waals surface area (Å²) in [6.45, 7) is 0. The van der Waals surface area contributed by atoms with Gasteiger partial charge in [0.15, 0.2) is 5.78 Å². The van der Waals surface area contributed by atoms with Crippen LogP contribution in [0.15, 0.2) is 66.7 Å². The van der Waals surface area contributed by atoms with Gasteiger partial charge in [-0.3, -0.25) is 4.79 Å². The average molecular weight is 430 g/mol. The third-order valence-corrected chi connectivity index (χ3v) is 5.14. The number of ketones is 1. The summed E-state index contributed by atoms with van der Waals surface area (Å²) >= 11 is 6.20. The van der Waals surface area contributed by atoms with E-state index in [4.69, 9.17) is 16.3 Å². The van der Waals surface area contributed by atoms with Crippen LogP contribution in [-0.4, -0.2) is 12.9 Å². The van der Waals surface area contributed by atoms with Gasteiger partial charge in [0, 0.05) is 16.8 Å². The minimum atomic E-state index is -4.45. The van der Waals surface area contributed by atoms with Crippen LogP contribution in [0.25, 0.3) is 11.3 Å². The van der Waals surface area contributed by atoms with Gasteiger partial charge in [0.2, 0.25) is 0 Å². The number of alkyl halides is 3. The summed E-state index contributed by atoms with van der Waals surface area (Å²) in [5.74, 6) is 0.245. The molecule has 3 nitrogen and oxygen atoms in total. The van der Waals surface area contributed by atoms with Gasteiger partial charge in [-0.15, -0.1) is 0 Å². The third kappa shape index (κ3) is 3.55. The lowest BCUT2D eigenvalue weighted by Gasteiger charge is -2.13. The molecule has 0 atom stereocenters. The summed E-state index contributed by atoms with van der Waals surface area (Å²) in [5, 5.41) is 3.60. The van der Waals surface area contributed by atoms with Crippen molar-refractivity contribution in [3.63, 3.8) is 0 Å². The van der Waals surface area contributed by atoms with Gasteiger partial charge in [-0.1, -0.05) is 48.0 Å². The Hall–Kier alpha value is -3.25. The molecule has 0 fully saturated rings. The standard InChI is InChI=1S/C23H15ClF3NO2/c1-30-19-11-10-15(12-18(19)24)28-21-16-4-2-3-5-17(16)22(29)20(21)13-6-8-14(9-7-13)23(25,26)27/h2-12,28H,1H3. The maximum Gasteiger partial charge on any atom is 0.416 e. The Labute approximate surface area is 175 Å². The molecule has 4 rings (SSSR count). The van der Waals surface area contributed by atoms with Gasteiger partial charge in [-0.05, 0) is 35.9 Å². The molecule has 0 saturated carbocycles. The first-order valence-corrected chi connectivity index (χ1v) is 9.34. The first-order valence-electron chi connectivity index (χ1n) is 8.96. The zero-order valence-electron chi connectivity index (χ0n) is 15.7. The molecule has 152 valence electrons. The fourth-order valence-electron chi connectivity index (χ4n) is 3.40. The maximum atomic E-state index is 13.1. The number of ether oxygens (including phenoxy) is 1. The summed E-state index contributed by atoms with van der Waals surface area (Å²) in [5.41, 5.74) is 2.20. The molecular formula is C23H15ClF3NO2. The zero-order valence-corrected chi connectivity index (χ0v) is 16.4. The Morgan fingerprint density at radius 1 is 0.933 bits per heavy atom. The number of fused-ring (bicyclic) bond motifs is 1. The lowest BCUT2D eigenvalue weighted by atomic mass is 10.00. The van der Waals surface area contributed by atoms with E-state index >= 15 is 0 Å². The minimum Gasteiger partial charge on any atom is -0.495 e. The Bertz CT molecular complexity index is 1170. The number of hydrogen-bond donors (Lipinski definition) is 1. The van der Waals surface area contributed by atoms with Crippen molar-refractivity contribution in [2.24, 2.45) is 0 Å². The molecule has 3 aromatic carbocycles. The summed E-state index contributed by atoms with van der Waals surface area (Å²) in [4.78, 5) is 13.1. The topological polar surface area (TPSA) is 38.3 Å². The smallest absolute Gasteiger partial charge is 0.416 e. The molecular weight excluding hydrogens is 415 g/mol. The lowest BCUT2D eigenvalue weighted by Crippen LogP contribution is -2.06. The van der Waals surface area contributed by atoms with E-state index in [0.29, 0.717) is 44.4 Å². The first-order chi connectivity index (χ1) is 14.3. The van der Waals surface area contributed by atoms with Crippen LogP contribution >= 0.6 is 11.6 Å². The van der Waals surface area contributed by atoms with E-state index in [1.807, 2.05) is 0 Å². The monoisotopic (exact) mass is 429 g/mol. The first kappa shape index (κ1) is 20.0. The number of Topliss-reactive ketones (excluding diaryl/α,β-unsaturated/α-hetero) is 1. The second kappa shape index (κ2) is 7.54. The molecule has 0 radical (unpaired) electrons. The van der Waals surface area contributed by atoms with Crippen molar-refractivity contribution in [1.29, 1.82) is 0 Å². The maximum absolute atomic E-state index is 13.1. The predicted molar refractivity (Wildman–Crippen MR) is 111 cm³/mol. The number of nitrogens with one attached hydrogen (secondary N) is 1. The van der Waals surface area contributed by atoms with Gasteiger partial charge in [-0.25, -0.2) is 0 Å². The molecule has 3 aromatic rings. The fourth-order valence-corrected chi connectivity index (χ4v) is 3.66. The van der Waals surface area contributed by atoms with E-state index in [-0.39, 0.29) is 5.78 Å². The van der Waals surface area contributed by atoms with E-state index in [0.717, 1.165) is 12.1 Å². The summed E-state index contributed by atoms with van der Waals surface area (Å²) in [6, 6.07) is 16.7. The van der Waals surface area contributed by atoms with E-state index in [1.54, 1.807) is 42.5 Å². The number of allylic oxidation sites excluding steroid dienone is 1. The van der Waals surface area contributed by atoms with Crippen LogP contribution in [0.5, 0.6) is 5.75 Å². The van der Waals surface area contributed by atoms with Gasteiger partial charge >= 0.3 is 6.18 Å². The van der Waals surface area contributed by atoms with Gasteiger partial charge in [0.25, 0.3) is 0 Å². The van der Waals surface area contributed by atoms with E-state index < -0.39 is 11.7 Å². The van der Waals surface area contributed by atoms with Crippen LogP contribution < -0.4 is 10.1 Å². The number of carbonyl (C=O) groups is 1. The quantitative estimate of drug-likeness (QED) is 0.511. The number of halogens is 4. The summed E-state index contributed by atoms with van der Waals surface area (Å²) in [6.07, 6.45) is -4.45. The number of methoxy groups -OCH3 is 1. The van der Waals surface area contributed by atoms with Crippen LogP contribution in [0, 0.1) is 0 Å².